The topological polar surface area (TPSA) is 61.9 Å². The van der Waals surface area contributed by atoms with Crippen LogP contribution < -0.4 is 0 Å². The quantitative estimate of drug-likeness (QED) is 0.795. The van der Waals surface area contributed by atoms with Crippen LogP contribution in [0, 0.1) is 5.82 Å². The van der Waals surface area contributed by atoms with E-state index < -0.39 is 0 Å². The summed E-state index contributed by atoms with van der Waals surface area (Å²) in [5.41, 5.74) is 2.38. The van der Waals surface area contributed by atoms with Gasteiger partial charge in [0.15, 0.2) is 0 Å². The van der Waals surface area contributed by atoms with Crippen molar-refractivity contribution in [2.24, 2.45) is 0 Å². The molecule has 1 saturated heterocycles. The predicted octanol–water partition coefficient (Wildman–Crippen LogP) is 3.59. The zero-order chi connectivity index (χ0) is 17.2. The van der Waals surface area contributed by atoms with Crippen LogP contribution in [0.5, 0.6) is 0 Å². The number of H-pyrrole nitrogens is 1. The maximum atomic E-state index is 14.2. The third-order valence-corrected chi connectivity index (χ3v) is 4.56. The van der Waals surface area contributed by atoms with E-state index in [1.165, 1.54) is 6.07 Å². The van der Waals surface area contributed by atoms with Gasteiger partial charge in [-0.15, -0.1) is 0 Å². The van der Waals surface area contributed by atoms with Gasteiger partial charge in [-0.25, -0.2) is 4.39 Å². The van der Waals surface area contributed by atoms with Crippen LogP contribution in [0.4, 0.5) is 4.39 Å². The summed E-state index contributed by atoms with van der Waals surface area (Å²) in [6.45, 7) is 0.649. The zero-order valence-corrected chi connectivity index (χ0v) is 13.5. The lowest BCUT2D eigenvalue weighted by Gasteiger charge is -2.24. The molecule has 1 aromatic carbocycles. The molecule has 0 saturated carbocycles. The molecule has 3 heterocycles. The minimum absolute atomic E-state index is 0.114. The Hall–Kier alpha value is -3.02. The Kier molecular flexibility index (Phi) is 4.01. The van der Waals surface area contributed by atoms with E-state index >= 15 is 0 Å². The number of carbonyl (C=O) groups excluding carboxylic acids is 1. The molecule has 0 spiro atoms. The fourth-order valence-electron chi connectivity index (χ4n) is 3.39. The summed E-state index contributed by atoms with van der Waals surface area (Å²) in [4.78, 5) is 18.8. The van der Waals surface area contributed by atoms with Crippen molar-refractivity contribution in [1.82, 2.24) is 20.1 Å². The van der Waals surface area contributed by atoms with Crippen molar-refractivity contribution >= 4 is 5.91 Å². The normalized spacial score (nSPS) is 17.0. The minimum Gasteiger partial charge on any atom is -0.329 e. The molecule has 0 bridgehead atoms. The van der Waals surface area contributed by atoms with Crippen LogP contribution in [0.3, 0.4) is 0 Å². The van der Waals surface area contributed by atoms with Gasteiger partial charge in [0.1, 0.15) is 11.5 Å². The molecule has 126 valence electrons. The molecule has 2 aromatic heterocycles. The van der Waals surface area contributed by atoms with Crippen molar-refractivity contribution in [2.45, 2.75) is 18.9 Å². The van der Waals surface area contributed by atoms with Crippen molar-refractivity contribution in [2.75, 3.05) is 6.54 Å². The summed E-state index contributed by atoms with van der Waals surface area (Å²) in [5.74, 6) is -0.414. The number of nitrogens with one attached hydrogen (secondary N) is 1. The second-order valence-corrected chi connectivity index (χ2v) is 6.05. The van der Waals surface area contributed by atoms with Gasteiger partial charge in [0.25, 0.3) is 5.91 Å². The van der Waals surface area contributed by atoms with E-state index in [1.54, 1.807) is 53.7 Å². The van der Waals surface area contributed by atoms with Gasteiger partial charge in [-0.2, -0.15) is 5.10 Å². The lowest BCUT2D eigenvalue weighted by molar-refractivity contribution is 0.0727. The predicted molar refractivity (Wildman–Crippen MR) is 91.2 cm³/mol. The van der Waals surface area contributed by atoms with E-state index in [2.05, 4.69) is 15.2 Å². The molecule has 1 unspecified atom stereocenters. The lowest BCUT2D eigenvalue weighted by atomic mass is 10.0. The van der Waals surface area contributed by atoms with E-state index in [0.29, 0.717) is 23.4 Å². The van der Waals surface area contributed by atoms with Crippen LogP contribution in [0.25, 0.3) is 11.1 Å². The number of aromatic nitrogens is 3. The van der Waals surface area contributed by atoms with Crippen LogP contribution in [0.15, 0.2) is 54.9 Å². The van der Waals surface area contributed by atoms with E-state index in [4.69, 9.17) is 0 Å². The Bertz CT molecular complexity index is 893. The molecule has 5 nitrogen and oxygen atoms in total. The number of nitrogens with zero attached hydrogens (tertiary/aromatic N) is 3. The van der Waals surface area contributed by atoms with Crippen LogP contribution in [-0.2, 0) is 0 Å². The van der Waals surface area contributed by atoms with Gasteiger partial charge in [-0.05, 0) is 31.0 Å². The third kappa shape index (κ3) is 2.80. The molecule has 1 aliphatic rings. The first-order valence-corrected chi connectivity index (χ1v) is 8.26. The molecule has 1 N–H and O–H groups in total. The van der Waals surface area contributed by atoms with Crippen LogP contribution in [0.2, 0.25) is 0 Å². The zero-order valence-electron chi connectivity index (χ0n) is 13.5. The number of benzene rings is 1. The maximum absolute atomic E-state index is 14.2. The highest BCUT2D eigenvalue weighted by Crippen LogP contribution is 2.37. The second-order valence-electron chi connectivity index (χ2n) is 6.05. The molecule has 0 radical (unpaired) electrons. The Morgan fingerprint density at radius 2 is 2.00 bits per heavy atom. The van der Waals surface area contributed by atoms with Crippen molar-refractivity contribution in [3.8, 4) is 11.1 Å². The summed E-state index contributed by atoms with van der Waals surface area (Å²) in [5, 5.41) is 7.08. The van der Waals surface area contributed by atoms with E-state index in [-0.39, 0.29) is 17.8 Å². The first-order chi connectivity index (χ1) is 12.3. The number of hydrogen-bond acceptors (Lipinski definition) is 3. The number of rotatable bonds is 3. The molecule has 1 fully saturated rings. The van der Waals surface area contributed by atoms with Gasteiger partial charge in [-0.3, -0.25) is 14.9 Å². The van der Waals surface area contributed by atoms with Crippen molar-refractivity contribution in [3.05, 3.63) is 72.1 Å². The molecule has 1 amide bonds. The van der Waals surface area contributed by atoms with E-state index in [0.717, 1.165) is 18.5 Å². The minimum atomic E-state index is -0.300. The summed E-state index contributed by atoms with van der Waals surface area (Å²) in [6.07, 6.45) is 4.93. The van der Waals surface area contributed by atoms with Crippen LogP contribution >= 0.6 is 0 Å². The maximum Gasteiger partial charge on any atom is 0.273 e. The highest BCUT2D eigenvalue weighted by Gasteiger charge is 2.34. The molecule has 4 rings (SSSR count). The molecule has 25 heavy (non-hydrogen) atoms. The molecule has 0 aliphatic carbocycles. The Morgan fingerprint density at radius 3 is 2.80 bits per heavy atom. The van der Waals surface area contributed by atoms with E-state index in [1.807, 2.05) is 0 Å². The van der Waals surface area contributed by atoms with Gasteiger partial charge in [0.05, 0.1) is 17.9 Å². The molecular formula is C19H17FN4O. The van der Waals surface area contributed by atoms with Gasteiger partial charge in [0.2, 0.25) is 0 Å². The summed E-state index contributed by atoms with van der Waals surface area (Å²) in [6, 6.07) is 11.7. The molecule has 1 atom stereocenters. The third-order valence-electron chi connectivity index (χ3n) is 4.56. The smallest absolute Gasteiger partial charge is 0.273 e. The summed E-state index contributed by atoms with van der Waals surface area (Å²) in [7, 11) is 0. The highest BCUT2D eigenvalue weighted by molar-refractivity contribution is 5.92. The standard InChI is InChI=1S/C19H17FN4O/c20-15-7-2-1-6-13(15)14-12-22-23-18(14)17-9-5-11-24(17)19(25)16-8-3-4-10-21-16/h1-4,6-8,10,12,17H,5,9,11H2,(H,22,23). The van der Waals surface area contributed by atoms with E-state index in [9.17, 15) is 9.18 Å². The monoisotopic (exact) mass is 336 g/mol. The average molecular weight is 336 g/mol. The number of amides is 1. The number of pyridine rings is 1. The first-order valence-electron chi connectivity index (χ1n) is 8.26. The lowest BCUT2D eigenvalue weighted by Crippen LogP contribution is -2.31. The fraction of sp³-hybridized carbons (Fsp3) is 0.211. The van der Waals surface area contributed by atoms with Gasteiger partial charge in [0, 0.05) is 23.9 Å². The largest absolute Gasteiger partial charge is 0.329 e. The summed E-state index contributed by atoms with van der Waals surface area (Å²) < 4.78 is 14.2. The molecule has 3 aromatic rings. The molecule has 6 heteroatoms. The summed E-state index contributed by atoms with van der Waals surface area (Å²) >= 11 is 0. The molecular weight excluding hydrogens is 319 g/mol. The van der Waals surface area contributed by atoms with Crippen LogP contribution in [0.1, 0.15) is 35.1 Å². The Balaban J connectivity index is 1.70. The van der Waals surface area contributed by atoms with Gasteiger partial charge >= 0.3 is 0 Å². The van der Waals surface area contributed by atoms with Crippen molar-refractivity contribution in [3.63, 3.8) is 0 Å². The first kappa shape index (κ1) is 15.5. The van der Waals surface area contributed by atoms with Crippen LogP contribution in [-0.4, -0.2) is 32.5 Å². The highest BCUT2D eigenvalue weighted by atomic mass is 19.1. The fourth-order valence-corrected chi connectivity index (χ4v) is 3.39. The number of likely N-dealkylation sites (tertiary alicyclic amines) is 1. The SMILES string of the molecule is O=C(c1ccccn1)N1CCCC1c1[nH]ncc1-c1ccccc1F. The van der Waals surface area contributed by atoms with Crippen molar-refractivity contribution < 1.29 is 9.18 Å². The second kappa shape index (κ2) is 6.47. The molecule has 1 aliphatic heterocycles. The van der Waals surface area contributed by atoms with Gasteiger partial charge < -0.3 is 4.90 Å². The van der Waals surface area contributed by atoms with Crippen molar-refractivity contribution in [1.29, 1.82) is 0 Å². The number of halogens is 1. The Labute approximate surface area is 144 Å². The van der Waals surface area contributed by atoms with Gasteiger partial charge in [-0.1, -0.05) is 24.3 Å². The number of aromatic amines is 1. The Morgan fingerprint density at radius 1 is 1.16 bits per heavy atom. The number of hydrogen-bond donors (Lipinski definition) is 1. The number of carbonyl (C=O) groups is 1. The average Bonchev–Trinajstić information content (AvgIpc) is 3.31.